The van der Waals surface area contributed by atoms with Gasteiger partial charge in [0.2, 0.25) is 5.24 Å². The number of hydrogen-bond donors (Lipinski definition) is 0. The van der Waals surface area contributed by atoms with Gasteiger partial charge < -0.3 is 9.47 Å². The molecule has 0 aromatic heterocycles. The van der Waals surface area contributed by atoms with Crippen LogP contribution in [0.15, 0.2) is 46.9 Å². The highest BCUT2D eigenvalue weighted by Gasteiger charge is 2.12. The first-order chi connectivity index (χ1) is 11.0. The molecule has 2 rings (SSSR count). The van der Waals surface area contributed by atoms with Crippen molar-refractivity contribution >= 4 is 50.5 Å². The maximum atomic E-state index is 10.8. The highest BCUT2D eigenvalue weighted by molar-refractivity contribution is 9.10. The summed E-state index contributed by atoms with van der Waals surface area (Å²) in [7, 11) is 1.55. The molecule has 0 unspecified atom stereocenters. The van der Waals surface area contributed by atoms with Crippen molar-refractivity contribution in [3.05, 3.63) is 63.1 Å². The van der Waals surface area contributed by atoms with Crippen LogP contribution in [0.2, 0.25) is 5.02 Å². The van der Waals surface area contributed by atoms with E-state index in [4.69, 9.17) is 32.7 Å². The lowest BCUT2D eigenvalue weighted by molar-refractivity contribution is -0.107. The van der Waals surface area contributed by atoms with Crippen molar-refractivity contribution in [1.82, 2.24) is 0 Å². The quantitative estimate of drug-likeness (QED) is 0.463. The minimum Gasteiger partial charge on any atom is -0.493 e. The predicted octanol–water partition coefficient (Wildman–Crippen LogP) is 5.47. The number of carbonyl (C=O) groups is 1. The van der Waals surface area contributed by atoms with E-state index in [0.29, 0.717) is 27.6 Å². The molecule has 6 heteroatoms. The number of methoxy groups -OCH3 is 1. The number of halogens is 3. The molecule has 0 aliphatic heterocycles. The second-order valence-corrected chi connectivity index (χ2v) is 6.19. The highest BCUT2D eigenvalue weighted by Crippen LogP contribution is 2.37. The molecule has 3 nitrogen and oxygen atoms in total. The highest BCUT2D eigenvalue weighted by atomic mass is 79.9. The van der Waals surface area contributed by atoms with Gasteiger partial charge in [0, 0.05) is 10.6 Å². The lowest BCUT2D eigenvalue weighted by Crippen LogP contribution is -1.99. The van der Waals surface area contributed by atoms with E-state index in [9.17, 15) is 4.79 Å². The van der Waals surface area contributed by atoms with Gasteiger partial charge in [-0.1, -0.05) is 29.8 Å². The zero-order chi connectivity index (χ0) is 16.8. The van der Waals surface area contributed by atoms with Crippen molar-refractivity contribution in [2.24, 2.45) is 0 Å². The number of benzene rings is 2. The fourth-order valence-electron chi connectivity index (χ4n) is 1.90. The Morgan fingerprint density at radius 1 is 1.30 bits per heavy atom. The van der Waals surface area contributed by atoms with Gasteiger partial charge in [0.1, 0.15) is 6.61 Å². The molecule has 2 aromatic rings. The maximum absolute atomic E-state index is 10.8. The molecule has 0 fully saturated rings. The van der Waals surface area contributed by atoms with Gasteiger partial charge in [0.25, 0.3) is 0 Å². The molecule has 0 heterocycles. The molecule has 0 aliphatic carbocycles. The zero-order valence-electron chi connectivity index (χ0n) is 12.2. The molecule has 0 N–H and O–H groups in total. The Morgan fingerprint density at radius 3 is 2.70 bits per heavy atom. The molecule has 0 atom stereocenters. The summed E-state index contributed by atoms with van der Waals surface area (Å²) < 4.78 is 11.9. The number of rotatable bonds is 6. The Labute approximate surface area is 152 Å². The Hall–Kier alpha value is -1.49. The van der Waals surface area contributed by atoms with Crippen LogP contribution in [0, 0.1) is 0 Å². The summed E-state index contributed by atoms with van der Waals surface area (Å²) in [5.41, 5.74) is 1.63. The first-order valence-electron chi connectivity index (χ1n) is 6.62. The van der Waals surface area contributed by atoms with Gasteiger partial charge in [-0.05, 0) is 63.4 Å². The predicted molar refractivity (Wildman–Crippen MR) is 96.4 cm³/mol. The van der Waals surface area contributed by atoms with Crippen molar-refractivity contribution in [3.63, 3.8) is 0 Å². The van der Waals surface area contributed by atoms with Crippen molar-refractivity contribution in [2.75, 3.05) is 7.11 Å². The zero-order valence-corrected chi connectivity index (χ0v) is 15.3. The molecule has 0 amide bonds. The molecule has 0 saturated carbocycles. The van der Waals surface area contributed by atoms with E-state index in [1.807, 2.05) is 24.3 Å². The first-order valence-corrected chi connectivity index (χ1v) is 8.17. The average Bonchev–Trinajstić information content (AvgIpc) is 2.52. The van der Waals surface area contributed by atoms with Crippen LogP contribution in [0.4, 0.5) is 0 Å². The average molecular weight is 416 g/mol. The number of hydrogen-bond acceptors (Lipinski definition) is 3. The number of carbonyl (C=O) groups excluding carboxylic acids is 1. The van der Waals surface area contributed by atoms with E-state index < -0.39 is 5.24 Å². The van der Waals surface area contributed by atoms with Crippen LogP contribution in [0.3, 0.4) is 0 Å². The summed E-state index contributed by atoms with van der Waals surface area (Å²) in [4.78, 5) is 10.8. The molecule has 0 saturated heterocycles. The Kier molecular flexibility index (Phi) is 6.51. The summed E-state index contributed by atoms with van der Waals surface area (Å²) in [6.45, 7) is 0.310. The van der Waals surface area contributed by atoms with Crippen LogP contribution in [-0.2, 0) is 11.4 Å². The van der Waals surface area contributed by atoms with Gasteiger partial charge in [-0.2, -0.15) is 0 Å². The van der Waals surface area contributed by atoms with Crippen LogP contribution in [0.5, 0.6) is 11.5 Å². The Bertz CT molecular complexity index is 745. The van der Waals surface area contributed by atoms with Crippen molar-refractivity contribution in [1.29, 1.82) is 0 Å². The fraction of sp³-hybridized carbons (Fsp3) is 0.118. The summed E-state index contributed by atoms with van der Waals surface area (Å²) in [6.07, 6.45) is 2.87. The lowest BCUT2D eigenvalue weighted by Gasteiger charge is -2.14. The smallest absolute Gasteiger partial charge is 0.245 e. The van der Waals surface area contributed by atoms with Crippen LogP contribution in [0.25, 0.3) is 6.08 Å². The van der Waals surface area contributed by atoms with Crippen LogP contribution in [0.1, 0.15) is 11.1 Å². The summed E-state index contributed by atoms with van der Waals surface area (Å²) in [5.74, 6) is 1.09. The van der Waals surface area contributed by atoms with E-state index in [2.05, 4.69) is 15.9 Å². The minimum absolute atomic E-state index is 0.310. The molecule has 120 valence electrons. The van der Waals surface area contributed by atoms with Gasteiger partial charge in [0.15, 0.2) is 11.5 Å². The third-order valence-corrected chi connectivity index (χ3v) is 4.07. The topological polar surface area (TPSA) is 35.5 Å². The lowest BCUT2D eigenvalue weighted by atomic mass is 10.2. The van der Waals surface area contributed by atoms with Gasteiger partial charge in [-0.3, -0.25) is 4.79 Å². The summed E-state index contributed by atoms with van der Waals surface area (Å²) >= 11 is 14.9. The fourth-order valence-corrected chi connectivity index (χ4v) is 2.73. The van der Waals surface area contributed by atoms with Gasteiger partial charge in [-0.15, -0.1) is 0 Å². The maximum Gasteiger partial charge on any atom is 0.245 e. The Morgan fingerprint density at radius 2 is 2.04 bits per heavy atom. The van der Waals surface area contributed by atoms with E-state index in [-0.39, 0.29) is 0 Å². The molecule has 2 aromatic carbocycles. The third-order valence-electron chi connectivity index (χ3n) is 2.99. The van der Waals surface area contributed by atoms with Crippen molar-refractivity contribution < 1.29 is 14.3 Å². The second-order valence-electron chi connectivity index (χ2n) is 4.55. The van der Waals surface area contributed by atoms with E-state index in [0.717, 1.165) is 11.1 Å². The molecule has 0 radical (unpaired) electrons. The number of allylic oxidation sites excluding steroid dienone is 1. The van der Waals surface area contributed by atoms with E-state index in [1.165, 1.54) is 6.08 Å². The van der Waals surface area contributed by atoms with E-state index in [1.54, 1.807) is 25.3 Å². The van der Waals surface area contributed by atoms with Crippen molar-refractivity contribution in [3.8, 4) is 11.5 Å². The molecular formula is C17H13BrCl2O3. The SMILES string of the molecule is COc1cc(/C=C/C(=O)Cl)cc(Br)c1OCc1ccccc1Cl. The van der Waals surface area contributed by atoms with E-state index >= 15 is 0 Å². The minimum atomic E-state index is -0.542. The molecule has 0 aliphatic rings. The molecule has 23 heavy (non-hydrogen) atoms. The standard InChI is InChI=1S/C17H13BrCl2O3/c1-22-15-9-11(6-7-16(20)21)8-13(18)17(15)23-10-12-4-2-3-5-14(12)19/h2-9H,10H2,1H3/b7-6+. The third kappa shape index (κ3) is 4.99. The first kappa shape index (κ1) is 17.9. The number of ether oxygens (including phenoxy) is 2. The van der Waals surface area contributed by atoms with Gasteiger partial charge in [-0.25, -0.2) is 0 Å². The molecular weight excluding hydrogens is 403 g/mol. The summed E-state index contributed by atoms with van der Waals surface area (Å²) in [5, 5.41) is 0.0990. The van der Waals surface area contributed by atoms with Crippen LogP contribution >= 0.6 is 39.1 Å². The largest absolute Gasteiger partial charge is 0.493 e. The summed E-state index contributed by atoms with van der Waals surface area (Å²) in [6, 6.07) is 11.0. The molecule has 0 spiro atoms. The van der Waals surface area contributed by atoms with Crippen molar-refractivity contribution in [2.45, 2.75) is 6.61 Å². The van der Waals surface area contributed by atoms with Crippen LogP contribution < -0.4 is 9.47 Å². The second kappa shape index (κ2) is 8.39. The monoisotopic (exact) mass is 414 g/mol. The van der Waals surface area contributed by atoms with Crippen LogP contribution in [-0.4, -0.2) is 12.4 Å². The molecule has 0 bridgehead atoms. The van der Waals surface area contributed by atoms with Gasteiger partial charge in [0.05, 0.1) is 11.6 Å². The Balaban J connectivity index is 2.24. The normalized spacial score (nSPS) is 10.8. The van der Waals surface area contributed by atoms with Gasteiger partial charge >= 0.3 is 0 Å².